The van der Waals surface area contributed by atoms with Gasteiger partial charge in [-0.2, -0.15) is 0 Å². The smallest absolute Gasteiger partial charge is 0.251 e. The standard InChI is InChI=1S/C20H18ClFNO3/c1-11(24)12-5-7-18-14(8-12)17(10-20(2,3)26-18)23-19(25)13-4-6-16(22)15(21)9-13/h4-10,17H,1-3H3,(H,23,25)/t17-/m0/s1. The fourth-order valence-electron chi connectivity index (χ4n) is 2.89. The van der Waals surface area contributed by atoms with Crippen LogP contribution in [0.15, 0.2) is 36.4 Å². The molecule has 0 bridgehead atoms. The lowest BCUT2D eigenvalue weighted by atomic mass is 9.88. The molecule has 1 N–H and O–H groups in total. The van der Waals surface area contributed by atoms with Crippen molar-refractivity contribution in [3.05, 3.63) is 70.3 Å². The van der Waals surface area contributed by atoms with E-state index in [0.717, 1.165) is 6.07 Å². The third-order valence-corrected chi connectivity index (χ3v) is 4.45. The van der Waals surface area contributed by atoms with Gasteiger partial charge < -0.3 is 10.1 Å². The Morgan fingerprint density at radius 2 is 1.85 bits per heavy atom. The summed E-state index contributed by atoms with van der Waals surface area (Å²) in [5.41, 5.74) is 0.866. The summed E-state index contributed by atoms with van der Waals surface area (Å²) < 4.78 is 19.2. The largest absolute Gasteiger partial charge is 0.487 e. The average Bonchev–Trinajstić information content (AvgIpc) is 2.55. The first-order valence-corrected chi connectivity index (χ1v) is 8.50. The van der Waals surface area contributed by atoms with E-state index in [1.54, 1.807) is 18.2 Å². The molecular formula is C20H18ClFNO3. The highest BCUT2D eigenvalue weighted by atomic mass is 35.5. The number of carbonyl (C=O) groups excluding carboxylic acids is 2. The fraction of sp³-hybridized carbons (Fsp3) is 0.250. The van der Waals surface area contributed by atoms with Crippen LogP contribution in [0.4, 0.5) is 4.39 Å². The molecule has 2 aromatic carbocycles. The number of nitrogens with one attached hydrogen (secondary N) is 1. The number of fused-ring (bicyclic) bond motifs is 1. The van der Waals surface area contributed by atoms with E-state index >= 15 is 0 Å². The molecule has 1 heterocycles. The lowest BCUT2D eigenvalue weighted by molar-refractivity contribution is 0.0889. The first kappa shape index (κ1) is 18.4. The number of hydrogen-bond acceptors (Lipinski definition) is 3. The van der Waals surface area contributed by atoms with Gasteiger partial charge in [0.05, 0.1) is 11.1 Å². The average molecular weight is 375 g/mol. The van der Waals surface area contributed by atoms with Gasteiger partial charge in [0.15, 0.2) is 5.78 Å². The summed E-state index contributed by atoms with van der Waals surface area (Å²) >= 11 is 5.76. The molecule has 6 heteroatoms. The number of benzene rings is 2. The molecular weight excluding hydrogens is 357 g/mol. The summed E-state index contributed by atoms with van der Waals surface area (Å²) in [5.74, 6) is -0.457. The molecule has 0 unspecified atom stereocenters. The molecule has 0 saturated heterocycles. The predicted molar refractivity (Wildman–Crippen MR) is 97.1 cm³/mol. The van der Waals surface area contributed by atoms with E-state index in [1.807, 2.05) is 20.3 Å². The summed E-state index contributed by atoms with van der Waals surface area (Å²) in [6, 6.07) is 8.47. The maximum absolute atomic E-state index is 13.3. The molecule has 1 aliphatic heterocycles. The Morgan fingerprint density at radius 3 is 2.50 bits per heavy atom. The molecule has 0 saturated carbocycles. The van der Waals surface area contributed by atoms with E-state index < -0.39 is 23.4 Å². The third kappa shape index (κ3) is 3.73. The van der Waals surface area contributed by atoms with Gasteiger partial charge in [0, 0.05) is 23.1 Å². The molecule has 0 aliphatic carbocycles. The SMILES string of the molecule is CC(=O)c1ccc2c(c1)[C@@H](NC(=O)c1ccc(F)c(Cl)c1)[CH]C(C)(C)O2. The number of carbonyl (C=O) groups is 2. The molecule has 2 aromatic rings. The predicted octanol–water partition coefficient (Wildman–Crippen LogP) is 4.53. The number of hydrogen-bond donors (Lipinski definition) is 1. The van der Waals surface area contributed by atoms with Crippen LogP contribution in [-0.2, 0) is 0 Å². The normalized spacial score (nSPS) is 17.8. The molecule has 26 heavy (non-hydrogen) atoms. The van der Waals surface area contributed by atoms with Crippen LogP contribution in [0.25, 0.3) is 0 Å². The van der Waals surface area contributed by atoms with Crippen molar-refractivity contribution in [2.75, 3.05) is 0 Å². The monoisotopic (exact) mass is 374 g/mol. The van der Waals surface area contributed by atoms with Crippen molar-refractivity contribution in [2.24, 2.45) is 0 Å². The van der Waals surface area contributed by atoms with Gasteiger partial charge in [-0.05, 0) is 57.2 Å². The lowest BCUT2D eigenvalue weighted by Gasteiger charge is -2.37. The zero-order valence-electron chi connectivity index (χ0n) is 14.6. The highest BCUT2D eigenvalue weighted by molar-refractivity contribution is 6.31. The second-order valence-electron chi connectivity index (χ2n) is 6.76. The van der Waals surface area contributed by atoms with Crippen molar-refractivity contribution >= 4 is 23.3 Å². The zero-order valence-corrected chi connectivity index (χ0v) is 15.4. The lowest BCUT2D eigenvalue weighted by Crippen LogP contribution is -2.42. The molecule has 4 nitrogen and oxygen atoms in total. The summed E-state index contributed by atoms with van der Waals surface area (Å²) in [5, 5.41) is 2.78. The summed E-state index contributed by atoms with van der Waals surface area (Å²) in [6.45, 7) is 5.23. The number of halogens is 2. The molecule has 1 amide bonds. The van der Waals surface area contributed by atoms with Gasteiger partial charge in [-0.25, -0.2) is 4.39 Å². The Morgan fingerprint density at radius 1 is 1.15 bits per heavy atom. The van der Waals surface area contributed by atoms with Crippen molar-refractivity contribution in [1.82, 2.24) is 5.32 Å². The van der Waals surface area contributed by atoms with Gasteiger partial charge in [0.25, 0.3) is 5.91 Å². The minimum absolute atomic E-state index is 0.0759. The Labute approximate surface area is 156 Å². The molecule has 1 aliphatic rings. The number of ketones is 1. The Bertz CT molecular complexity index is 895. The van der Waals surface area contributed by atoms with E-state index in [0.29, 0.717) is 16.9 Å². The Hall–Kier alpha value is -2.40. The van der Waals surface area contributed by atoms with Crippen molar-refractivity contribution < 1.29 is 18.7 Å². The minimum Gasteiger partial charge on any atom is -0.487 e. The van der Waals surface area contributed by atoms with E-state index in [2.05, 4.69) is 5.32 Å². The summed E-state index contributed by atoms with van der Waals surface area (Å²) in [6.07, 6.45) is 1.85. The molecule has 0 fully saturated rings. The highest BCUT2D eigenvalue weighted by Crippen LogP contribution is 2.39. The van der Waals surface area contributed by atoms with Crippen LogP contribution >= 0.6 is 11.6 Å². The molecule has 1 radical (unpaired) electrons. The Kier molecular flexibility index (Phi) is 4.76. The number of rotatable bonds is 3. The molecule has 135 valence electrons. The van der Waals surface area contributed by atoms with Crippen molar-refractivity contribution in [3.63, 3.8) is 0 Å². The Balaban J connectivity index is 1.93. The van der Waals surface area contributed by atoms with Gasteiger partial charge in [0.2, 0.25) is 0 Å². The second kappa shape index (κ2) is 6.72. The molecule has 0 spiro atoms. The topological polar surface area (TPSA) is 55.4 Å². The first-order chi connectivity index (χ1) is 12.2. The van der Waals surface area contributed by atoms with Crippen LogP contribution in [0, 0.1) is 12.2 Å². The number of ether oxygens (including phenoxy) is 1. The highest BCUT2D eigenvalue weighted by Gasteiger charge is 2.35. The zero-order chi connectivity index (χ0) is 19.1. The van der Waals surface area contributed by atoms with Crippen molar-refractivity contribution in [1.29, 1.82) is 0 Å². The van der Waals surface area contributed by atoms with Gasteiger partial charge in [-0.3, -0.25) is 9.59 Å². The number of amides is 1. The van der Waals surface area contributed by atoms with Crippen LogP contribution in [-0.4, -0.2) is 17.3 Å². The van der Waals surface area contributed by atoms with Crippen molar-refractivity contribution in [2.45, 2.75) is 32.4 Å². The van der Waals surface area contributed by atoms with E-state index in [-0.39, 0.29) is 16.4 Å². The minimum atomic E-state index is -0.608. The maximum atomic E-state index is 13.3. The van der Waals surface area contributed by atoms with Gasteiger partial charge >= 0.3 is 0 Å². The van der Waals surface area contributed by atoms with Crippen molar-refractivity contribution in [3.8, 4) is 5.75 Å². The number of Topliss-reactive ketones (excluding diaryl/α,β-unsaturated/α-hetero) is 1. The molecule has 1 atom stereocenters. The fourth-order valence-corrected chi connectivity index (χ4v) is 3.07. The maximum Gasteiger partial charge on any atom is 0.251 e. The van der Waals surface area contributed by atoms with E-state index in [1.165, 1.54) is 19.1 Å². The van der Waals surface area contributed by atoms with Crippen LogP contribution in [0.1, 0.15) is 53.1 Å². The van der Waals surface area contributed by atoms with E-state index in [4.69, 9.17) is 16.3 Å². The van der Waals surface area contributed by atoms with Gasteiger partial charge in [0.1, 0.15) is 17.2 Å². The van der Waals surface area contributed by atoms with E-state index in [9.17, 15) is 14.0 Å². The molecule has 0 aromatic heterocycles. The van der Waals surface area contributed by atoms with Crippen LogP contribution in [0.2, 0.25) is 5.02 Å². The van der Waals surface area contributed by atoms with Gasteiger partial charge in [-0.15, -0.1) is 0 Å². The first-order valence-electron chi connectivity index (χ1n) is 8.12. The third-order valence-electron chi connectivity index (χ3n) is 4.16. The molecule has 3 rings (SSSR count). The van der Waals surface area contributed by atoms with Gasteiger partial charge in [-0.1, -0.05) is 11.6 Å². The van der Waals surface area contributed by atoms with Crippen LogP contribution in [0.5, 0.6) is 5.75 Å². The summed E-state index contributed by atoms with van der Waals surface area (Å²) in [7, 11) is 0. The quantitative estimate of drug-likeness (QED) is 0.803. The van der Waals surface area contributed by atoms with Crippen LogP contribution < -0.4 is 10.1 Å². The van der Waals surface area contributed by atoms with Crippen LogP contribution in [0.3, 0.4) is 0 Å². The summed E-state index contributed by atoms with van der Waals surface area (Å²) in [4.78, 5) is 24.3. The second-order valence-corrected chi connectivity index (χ2v) is 7.17.